The number of carbonyl (C=O) groups is 1. The zero-order valence-electron chi connectivity index (χ0n) is 10.3. The normalized spacial score (nSPS) is 23.4. The maximum absolute atomic E-state index is 10.8. The molecule has 0 unspecified atom stereocenters. The van der Waals surface area contributed by atoms with E-state index in [1.807, 2.05) is 0 Å². The van der Waals surface area contributed by atoms with Crippen molar-refractivity contribution in [3.63, 3.8) is 0 Å². The molecule has 5 heteroatoms. The average Bonchev–Trinajstić information content (AvgIpc) is 2.40. The smallest absolute Gasteiger partial charge is 0.306 e. The molecule has 1 N–H and O–H groups in total. The molecule has 0 bridgehead atoms. The van der Waals surface area contributed by atoms with Gasteiger partial charge < -0.3 is 14.6 Å². The molecule has 1 heterocycles. The molecule has 2 rings (SSSR count). The van der Waals surface area contributed by atoms with E-state index in [1.54, 1.807) is 25.4 Å². The molecule has 1 aliphatic rings. The van der Waals surface area contributed by atoms with Gasteiger partial charge in [0.1, 0.15) is 11.9 Å². The van der Waals surface area contributed by atoms with Gasteiger partial charge in [0.25, 0.3) is 0 Å². The highest BCUT2D eigenvalue weighted by atomic mass is 16.5. The van der Waals surface area contributed by atoms with Gasteiger partial charge in [-0.15, -0.1) is 0 Å². The van der Waals surface area contributed by atoms with Crippen LogP contribution in [0.15, 0.2) is 18.3 Å². The van der Waals surface area contributed by atoms with Crippen LogP contribution in [-0.4, -0.2) is 29.3 Å². The summed E-state index contributed by atoms with van der Waals surface area (Å²) < 4.78 is 10.7. The van der Waals surface area contributed by atoms with Gasteiger partial charge in [-0.05, 0) is 31.7 Å². The van der Waals surface area contributed by atoms with E-state index >= 15 is 0 Å². The van der Waals surface area contributed by atoms with Crippen molar-refractivity contribution >= 4 is 5.97 Å². The summed E-state index contributed by atoms with van der Waals surface area (Å²) in [6, 6.07) is 3.56. The van der Waals surface area contributed by atoms with Crippen molar-refractivity contribution in [1.29, 1.82) is 0 Å². The molecule has 1 aromatic heterocycles. The molecule has 1 fully saturated rings. The van der Waals surface area contributed by atoms with E-state index in [0.717, 1.165) is 12.8 Å². The number of aliphatic carboxylic acids is 1. The second-order valence-corrected chi connectivity index (χ2v) is 4.47. The number of nitrogens with zero attached hydrogens (tertiary/aromatic N) is 1. The summed E-state index contributed by atoms with van der Waals surface area (Å²) in [7, 11) is 1.59. The minimum atomic E-state index is -0.698. The number of rotatable bonds is 4. The number of hydrogen-bond acceptors (Lipinski definition) is 4. The maximum atomic E-state index is 10.8. The maximum Gasteiger partial charge on any atom is 0.306 e. The molecule has 5 nitrogen and oxygen atoms in total. The second kappa shape index (κ2) is 5.71. The molecule has 0 aromatic carbocycles. The Morgan fingerprint density at radius 2 is 2.06 bits per heavy atom. The Morgan fingerprint density at radius 1 is 1.33 bits per heavy atom. The summed E-state index contributed by atoms with van der Waals surface area (Å²) in [6.07, 6.45) is 4.57. The largest absolute Gasteiger partial charge is 0.495 e. The minimum absolute atomic E-state index is 0.0708. The van der Waals surface area contributed by atoms with E-state index in [-0.39, 0.29) is 12.0 Å². The molecular weight excluding hydrogens is 234 g/mol. The zero-order chi connectivity index (χ0) is 13.0. The standard InChI is InChI=1S/C13H17NO4/c1-17-11-6-7-12(14-8-11)18-10-4-2-9(3-5-10)13(15)16/h6-10H,2-5H2,1H3,(H,15,16). The number of carboxylic acids is 1. The molecule has 0 aliphatic heterocycles. The Hall–Kier alpha value is -1.78. The van der Waals surface area contributed by atoms with E-state index in [2.05, 4.69) is 4.98 Å². The Labute approximate surface area is 106 Å². The van der Waals surface area contributed by atoms with E-state index in [0.29, 0.717) is 24.5 Å². The van der Waals surface area contributed by atoms with Gasteiger partial charge in [-0.3, -0.25) is 4.79 Å². The molecule has 0 radical (unpaired) electrons. The van der Waals surface area contributed by atoms with Gasteiger partial charge >= 0.3 is 5.97 Å². The van der Waals surface area contributed by atoms with Crippen molar-refractivity contribution in [1.82, 2.24) is 4.98 Å². The highest BCUT2D eigenvalue weighted by molar-refractivity contribution is 5.70. The molecule has 0 atom stereocenters. The predicted octanol–water partition coefficient (Wildman–Crippen LogP) is 2.11. The third-order valence-corrected chi connectivity index (χ3v) is 3.26. The Balaban J connectivity index is 1.85. The first kappa shape index (κ1) is 12.7. The lowest BCUT2D eigenvalue weighted by molar-refractivity contribution is -0.143. The summed E-state index contributed by atoms with van der Waals surface area (Å²) in [6.45, 7) is 0. The van der Waals surface area contributed by atoms with Crippen LogP contribution in [0.3, 0.4) is 0 Å². The quantitative estimate of drug-likeness (QED) is 0.887. The first-order valence-corrected chi connectivity index (χ1v) is 6.08. The van der Waals surface area contributed by atoms with Crippen molar-refractivity contribution in [2.75, 3.05) is 7.11 Å². The van der Waals surface area contributed by atoms with Gasteiger partial charge in [0.2, 0.25) is 5.88 Å². The Kier molecular flexibility index (Phi) is 4.02. The van der Waals surface area contributed by atoms with Crippen molar-refractivity contribution in [3.05, 3.63) is 18.3 Å². The van der Waals surface area contributed by atoms with Crippen LogP contribution >= 0.6 is 0 Å². The fourth-order valence-corrected chi connectivity index (χ4v) is 2.16. The first-order valence-electron chi connectivity index (χ1n) is 6.08. The number of carboxylic acid groups (broad SMARTS) is 1. The lowest BCUT2D eigenvalue weighted by atomic mass is 9.87. The zero-order valence-corrected chi connectivity index (χ0v) is 10.3. The van der Waals surface area contributed by atoms with Gasteiger partial charge in [-0.25, -0.2) is 4.98 Å². The van der Waals surface area contributed by atoms with Gasteiger partial charge in [0.05, 0.1) is 19.2 Å². The highest BCUT2D eigenvalue weighted by Crippen LogP contribution is 2.27. The van der Waals surface area contributed by atoms with Gasteiger partial charge in [-0.2, -0.15) is 0 Å². The Morgan fingerprint density at radius 3 is 2.56 bits per heavy atom. The fourth-order valence-electron chi connectivity index (χ4n) is 2.16. The molecule has 0 saturated heterocycles. The van der Waals surface area contributed by atoms with Crippen LogP contribution in [0.4, 0.5) is 0 Å². The number of pyridine rings is 1. The van der Waals surface area contributed by atoms with E-state index in [1.165, 1.54) is 0 Å². The molecule has 0 amide bonds. The van der Waals surface area contributed by atoms with Gasteiger partial charge in [-0.1, -0.05) is 0 Å². The topological polar surface area (TPSA) is 68.7 Å². The number of methoxy groups -OCH3 is 1. The average molecular weight is 251 g/mol. The summed E-state index contributed by atoms with van der Waals surface area (Å²) in [4.78, 5) is 15.0. The number of aromatic nitrogens is 1. The lowest BCUT2D eigenvalue weighted by Crippen LogP contribution is -2.28. The second-order valence-electron chi connectivity index (χ2n) is 4.47. The van der Waals surface area contributed by atoms with E-state index < -0.39 is 5.97 Å². The molecule has 1 saturated carbocycles. The molecule has 98 valence electrons. The van der Waals surface area contributed by atoms with Crippen LogP contribution < -0.4 is 9.47 Å². The number of ether oxygens (including phenoxy) is 2. The summed E-state index contributed by atoms with van der Waals surface area (Å²) in [5.41, 5.74) is 0. The van der Waals surface area contributed by atoms with Crippen LogP contribution in [0.1, 0.15) is 25.7 Å². The third-order valence-electron chi connectivity index (χ3n) is 3.26. The van der Waals surface area contributed by atoms with Crippen LogP contribution in [0.2, 0.25) is 0 Å². The van der Waals surface area contributed by atoms with Gasteiger partial charge in [0, 0.05) is 6.07 Å². The predicted molar refractivity (Wildman–Crippen MR) is 64.8 cm³/mol. The van der Waals surface area contributed by atoms with Crippen LogP contribution in [0.25, 0.3) is 0 Å². The molecular formula is C13H17NO4. The van der Waals surface area contributed by atoms with Crippen molar-refractivity contribution in [2.45, 2.75) is 31.8 Å². The summed E-state index contributed by atoms with van der Waals surface area (Å²) >= 11 is 0. The monoisotopic (exact) mass is 251 g/mol. The molecule has 1 aliphatic carbocycles. The summed E-state index contributed by atoms with van der Waals surface area (Å²) in [5, 5.41) is 8.90. The Bertz CT molecular complexity index is 396. The van der Waals surface area contributed by atoms with Crippen molar-refractivity contribution < 1.29 is 19.4 Å². The highest BCUT2D eigenvalue weighted by Gasteiger charge is 2.26. The SMILES string of the molecule is COc1ccc(OC2CCC(C(=O)O)CC2)nc1. The fraction of sp³-hybridized carbons (Fsp3) is 0.538. The summed E-state index contributed by atoms with van der Waals surface area (Å²) in [5.74, 6) is 0.344. The van der Waals surface area contributed by atoms with Crippen molar-refractivity contribution in [2.24, 2.45) is 5.92 Å². The van der Waals surface area contributed by atoms with E-state index in [4.69, 9.17) is 14.6 Å². The van der Waals surface area contributed by atoms with Crippen molar-refractivity contribution in [3.8, 4) is 11.6 Å². The molecule has 0 spiro atoms. The minimum Gasteiger partial charge on any atom is -0.495 e. The van der Waals surface area contributed by atoms with E-state index in [9.17, 15) is 4.79 Å². The number of hydrogen-bond donors (Lipinski definition) is 1. The van der Waals surface area contributed by atoms with Crippen LogP contribution in [0.5, 0.6) is 11.6 Å². The first-order chi connectivity index (χ1) is 8.69. The molecule has 1 aromatic rings. The molecule has 18 heavy (non-hydrogen) atoms. The van der Waals surface area contributed by atoms with Crippen LogP contribution in [0, 0.1) is 5.92 Å². The van der Waals surface area contributed by atoms with Crippen LogP contribution in [-0.2, 0) is 4.79 Å². The lowest BCUT2D eigenvalue weighted by Gasteiger charge is -2.26. The third kappa shape index (κ3) is 3.12. The van der Waals surface area contributed by atoms with Gasteiger partial charge in [0.15, 0.2) is 0 Å².